The van der Waals surface area contributed by atoms with Crippen LogP contribution in [0, 0.1) is 6.92 Å². The fourth-order valence-electron chi connectivity index (χ4n) is 2.71. The van der Waals surface area contributed by atoms with Gasteiger partial charge in [0.25, 0.3) is 0 Å². The predicted octanol–water partition coefficient (Wildman–Crippen LogP) is 2.41. The molecule has 7 nitrogen and oxygen atoms in total. The van der Waals surface area contributed by atoms with Gasteiger partial charge < -0.3 is 5.32 Å². The third-order valence-corrected chi connectivity index (χ3v) is 4.03. The molecular weight excluding hydrogens is 375 g/mol. The molecule has 148 valence electrons. The summed E-state index contributed by atoms with van der Waals surface area (Å²) in [7, 11) is 0. The van der Waals surface area contributed by atoms with Gasteiger partial charge >= 0.3 is 11.9 Å². The minimum Gasteiger partial charge on any atom is -0.355 e. The maximum absolute atomic E-state index is 12.8. The highest BCUT2D eigenvalue weighted by atomic mass is 19.4. The fourth-order valence-corrected chi connectivity index (χ4v) is 2.71. The zero-order valence-electron chi connectivity index (χ0n) is 15.2. The van der Waals surface area contributed by atoms with Crippen molar-refractivity contribution in [2.24, 2.45) is 0 Å². The fraction of sp³-hybridized carbons (Fsp3) is 0.333. The number of carbonyl (C=O) groups excluding carboxylic acids is 1. The van der Waals surface area contributed by atoms with Crippen LogP contribution in [0.4, 0.5) is 13.2 Å². The number of aryl methyl sites for hydroxylation is 1. The molecule has 3 rings (SSSR count). The molecule has 1 aromatic carbocycles. The first-order valence-electron chi connectivity index (χ1n) is 8.62. The number of nitrogens with one attached hydrogen (secondary N) is 1. The first kappa shape index (κ1) is 19.6. The van der Waals surface area contributed by atoms with Gasteiger partial charge in [0.05, 0.1) is 5.56 Å². The normalized spacial score (nSPS) is 11.8. The molecule has 0 atom stereocenters. The van der Waals surface area contributed by atoms with Crippen molar-refractivity contribution in [1.82, 2.24) is 24.5 Å². The Hall–Kier alpha value is -3.17. The molecule has 0 spiro atoms. The van der Waals surface area contributed by atoms with Crippen LogP contribution in [0.3, 0.4) is 0 Å². The van der Waals surface area contributed by atoms with Crippen LogP contribution in [0.1, 0.15) is 24.6 Å². The van der Waals surface area contributed by atoms with Crippen molar-refractivity contribution < 1.29 is 18.0 Å². The van der Waals surface area contributed by atoms with Gasteiger partial charge in [-0.3, -0.25) is 4.79 Å². The SMILES string of the molecule is CCCNC(=O)Cn1nc2cc(C)nc(-c3ccc(C(F)(F)F)cc3)n2c1=O. The van der Waals surface area contributed by atoms with E-state index >= 15 is 0 Å². The van der Waals surface area contributed by atoms with Crippen molar-refractivity contribution in [1.29, 1.82) is 0 Å². The van der Waals surface area contributed by atoms with Crippen LogP contribution in [-0.4, -0.2) is 31.6 Å². The lowest BCUT2D eigenvalue weighted by Gasteiger charge is -2.08. The van der Waals surface area contributed by atoms with Crippen LogP contribution in [-0.2, 0) is 17.5 Å². The summed E-state index contributed by atoms with van der Waals surface area (Å²) in [5, 5.41) is 6.81. The summed E-state index contributed by atoms with van der Waals surface area (Å²) < 4.78 is 40.6. The summed E-state index contributed by atoms with van der Waals surface area (Å²) in [6.45, 7) is 3.82. The molecule has 2 aromatic heterocycles. The number of amides is 1. The van der Waals surface area contributed by atoms with E-state index in [2.05, 4.69) is 15.4 Å². The van der Waals surface area contributed by atoms with Crippen LogP contribution >= 0.6 is 0 Å². The highest BCUT2D eigenvalue weighted by Gasteiger charge is 2.30. The van der Waals surface area contributed by atoms with Crippen LogP contribution < -0.4 is 11.0 Å². The number of nitrogens with zero attached hydrogens (tertiary/aromatic N) is 4. The molecule has 3 aromatic rings. The van der Waals surface area contributed by atoms with Crippen molar-refractivity contribution >= 4 is 11.6 Å². The van der Waals surface area contributed by atoms with E-state index < -0.39 is 17.4 Å². The largest absolute Gasteiger partial charge is 0.416 e. The maximum Gasteiger partial charge on any atom is 0.416 e. The highest BCUT2D eigenvalue weighted by molar-refractivity contribution is 5.75. The number of halogens is 3. The van der Waals surface area contributed by atoms with Crippen LogP contribution in [0.15, 0.2) is 35.1 Å². The molecule has 2 heterocycles. The quantitative estimate of drug-likeness (QED) is 0.722. The predicted molar refractivity (Wildman–Crippen MR) is 95.7 cm³/mol. The second-order valence-electron chi connectivity index (χ2n) is 6.28. The molecule has 28 heavy (non-hydrogen) atoms. The third kappa shape index (κ3) is 3.90. The van der Waals surface area contributed by atoms with Gasteiger partial charge in [-0.25, -0.2) is 18.9 Å². The van der Waals surface area contributed by atoms with E-state index in [1.54, 1.807) is 13.0 Å². The number of alkyl halides is 3. The second kappa shape index (κ2) is 7.45. The number of aromatic nitrogens is 4. The number of benzene rings is 1. The van der Waals surface area contributed by atoms with Crippen LogP contribution in [0.5, 0.6) is 0 Å². The Morgan fingerprint density at radius 3 is 2.50 bits per heavy atom. The highest BCUT2D eigenvalue weighted by Crippen LogP contribution is 2.30. The van der Waals surface area contributed by atoms with E-state index in [1.165, 1.54) is 16.5 Å². The summed E-state index contributed by atoms with van der Waals surface area (Å²) >= 11 is 0. The summed E-state index contributed by atoms with van der Waals surface area (Å²) in [6.07, 6.45) is -3.70. The summed E-state index contributed by atoms with van der Waals surface area (Å²) in [5.74, 6) is -0.193. The van der Waals surface area contributed by atoms with E-state index in [1.807, 2.05) is 6.92 Å². The standard InChI is InChI=1S/C18H18F3N5O2/c1-3-8-22-15(27)10-25-17(28)26-14(24-25)9-11(2)23-16(26)12-4-6-13(7-5-12)18(19,20)21/h4-7,9H,3,8,10H2,1-2H3,(H,22,27). The number of hydrogen-bond donors (Lipinski definition) is 1. The minimum absolute atomic E-state index is 0.161. The lowest BCUT2D eigenvalue weighted by molar-refractivity contribution is -0.137. The zero-order chi connectivity index (χ0) is 20.5. The Kier molecular flexibility index (Phi) is 5.21. The molecule has 0 aliphatic heterocycles. The number of rotatable bonds is 5. The van der Waals surface area contributed by atoms with E-state index in [9.17, 15) is 22.8 Å². The van der Waals surface area contributed by atoms with Gasteiger partial charge in [-0.15, -0.1) is 5.10 Å². The molecule has 0 radical (unpaired) electrons. The molecule has 10 heteroatoms. The average molecular weight is 393 g/mol. The van der Waals surface area contributed by atoms with Crippen molar-refractivity contribution in [3.05, 3.63) is 52.1 Å². The lowest BCUT2D eigenvalue weighted by atomic mass is 10.1. The number of fused-ring (bicyclic) bond motifs is 1. The van der Waals surface area contributed by atoms with Crippen molar-refractivity contribution in [2.75, 3.05) is 6.54 Å². The minimum atomic E-state index is -4.46. The van der Waals surface area contributed by atoms with Crippen molar-refractivity contribution in [3.63, 3.8) is 0 Å². The van der Waals surface area contributed by atoms with Gasteiger partial charge in [-0.1, -0.05) is 19.1 Å². The molecule has 0 saturated heterocycles. The summed E-state index contributed by atoms with van der Waals surface area (Å²) in [5.41, 5.74) is -0.260. The van der Waals surface area contributed by atoms with Gasteiger partial charge in [-0.2, -0.15) is 13.2 Å². The monoisotopic (exact) mass is 393 g/mol. The van der Waals surface area contributed by atoms with E-state index in [0.29, 0.717) is 17.8 Å². The Bertz CT molecular complexity index is 1070. The molecule has 0 unspecified atom stereocenters. The Labute approximate surface area is 157 Å². The summed E-state index contributed by atoms with van der Waals surface area (Å²) in [6, 6.07) is 5.93. The van der Waals surface area contributed by atoms with E-state index in [-0.39, 0.29) is 23.9 Å². The Balaban J connectivity index is 2.06. The molecule has 1 amide bonds. The lowest BCUT2D eigenvalue weighted by Crippen LogP contribution is -2.33. The smallest absolute Gasteiger partial charge is 0.355 e. The van der Waals surface area contributed by atoms with Gasteiger partial charge in [-0.05, 0) is 25.5 Å². The molecular formula is C18H18F3N5O2. The van der Waals surface area contributed by atoms with Gasteiger partial charge in [0, 0.05) is 23.9 Å². The first-order valence-corrected chi connectivity index (χ1v) is 8.62. The molecule has 0 aliphatic rings. The van der Waals surface area contributed by atoms with Crippen molar-refractivity contribution in [2.45, 2.75) is 33.0 Å². The second-order valence-corrected chi connectivity index (χ2v) is 6.28. The van der Waals surface area contributed by atoms with Gasteiger partial charge in [0.2, 0.25) is 5.91 Å². The third-order valence-electron chi connectivity index (χ3n) is 4.03. The van der Waals surface area contributed by atoms with Gasteiger partial charge in [0.15, 0.2) is 5.65 Å². The Morgan fingerprint density at radius 1 is 1.21 bits per heavy atom. The van der Waals surface area contributed by atoms with Crippen LogP contribution in [0.25, 0.3) is 17.0 Å². The molecule has 0 bridgehead atoms. The maximum atomic E-state index is 12.8. The molecule has 0 aliphatic carbocycles. The van der Waals surface area contributed by atoms with E-state index in [4.69, 9.17) is 0 Å². The number of carbonyl (C=O) groups is 1. The molecule has 0 saturated carbocycles. The molecule has 1 N–H and O–H groups in total. The topological polar surface area (TPSA) is 81.3 Å². The first-order chi connectivity index (χ1) is 13.2. The van der Waals surface area contributed by atoms with Crippen molar-refractivity contribution in [3.8, 4) is 11.4 Å². The number of hydrogen-bond acceptors (Lipinski definition) is 4. The average Bonchev–Trinajstić information content (AvgIpc) is 2.94. The zero-order valence-corrected chi connectivity index (χ0v) is 15.2. The molecule has 0 fully saturated rings. The van der Waals surface area contributed by atoms with E-state index in [0.717, 1.165) is 23.2 Å². The van der Waals surface area contributed by atoms with Crippen LogP contribution in [0.2, 0.25) is 0 Å². The van der Waals surface area contributed by atoms with Gasteiger partial charge in [0.1, 0.15) is 12.4 Å². The Morgan fingerprint density at radius 2 is 1.89 bits per heavy atom. The summed E-state index contributed by atoms with van der Waals surface area (Å²) in [4.78, 5) is 28.9.